The standard InChI is InChI=1S/C9H16N2O4/c1-10-2-4-11(5-3-10)8(12)6-15-7-9(13)14/h2-7H2,1H3,(H,13,14). The molecule has 0 spiro atoms. The van der Waals surface area contributed by atoms with Gasteiger partial charge in [-0.05, 0) is 7.05 Å². The van der Waals surface area contributed by atoms with Crippen molar-refractivity contribution in [3.05, 3.63) is 0 Å². The van der Waals surface area contributed by atoms with E-state index in [4.69, 9.17) is 9.84 Å². The highest BCUT2D eigenvalue weighted by molar-refractivity contribution is 5.78. The van der Waals surface area contributed by atoms with Crippen molar-refractivity contribution in [2.24, 2.45) is 0 Å². The predicted molar refractivity (Wildman–Crippen MR) is 52.5 cm³/mol. The Labute approximate surface area is 88.4 Å². The number of likely N-dealkylation sites (N-methyl/N-ethyl adjacent to an activating group) is 1. The molecule has 1 N–H and O–H groups in total. The molecule has 1 fully saturated rings. The third kappa shape index (κ3) is 4.26. The number of amides is 1. The van der Waals surface area contributed by atoms with Gasteiger partial charge in [-0.2, -0.15) is 0 Å². The highest BCUT2D eigenvalue weighted by atomic mass is 16.5. The second-order valence-corrected chi connectivity index (χ2v) is 3.57. The molecule has 15 heavy (non-hydrogen) atoms. The average molecular weight is 216 g/mol. The zero-order valence-corrected chi connectivity index (χ0v) is 8.81. The zero-order valence-electron chi connectivity index (χ0n) is 8.81. The first-order valence-corrected chi connectivity index (χ1v) is 4.85. The first-order chi connectivity index (χ1) is 7.09. The maximum atomic E-state index is 11.5. The lowest BCUT2D eigenvalue weighted by molar-refractivity contribution is -0.146. The van der Waals surface area contributed by atoms with Crippen LogP contribution in [-0.2, 0) is 14.3 Å². The van der Waals surface area contributed by atoms with E-state index in [1.54, 1.807) is 4.90 Å². The van der Waals surface area contributed by atoms with E-state index in [-0.39, 0.29) is 12.5 Å². The van der Waals surface area contributed by atoms with E-state index in [2.05, 4.69) is 4.90 Å². The maximum absolute atomic E-state index is 11.5. The molecule has 1 aliphatic rings. The van der Waals surface area contributed by atoms with Crippen LogP contribution in [0.25, 0.3) is 0 Å². The Bertz CT molecular complexity index is 236. The number of hydrogen-bond donors (Lipinski definition) is 1. The van der Waals surface area contributed by atoms with Crippen LogP contribution in [0.2, 0.25) is 0 Å². The summed E-state index contributed by atoms with van der Waals surface area (Å²) in [5.41, 5.74) is 0. The largest absolute Gasteiger partial charge is 0.480 e. The molecule has 6 heteroatoms. The van der Waals surface area contributed by atoms with Crippen molar-refractivity contribution >= 4 is 11.9 Å². The molecule has 0 radical (unpaired) electrons. The van der Waals surface area contributed by atoms with Crippen LogP contribution in [0.5, 0.6) is 0 Å². The summed E-state index contributed by atoms with van der Waals surface area (Å²) in [5, 5.41) is 8.31. The molecular formula is C9H16N2O4. The van der Waals surface area contributed by atoms with Crippen LogP contribution in [0, 0.1) is 0 Å². The number of aliphatic carboxylic acids is 1. The van der Waals surface area contributed by atoms with E-state index in [1.807, 2.05) is 7.05 Å². The molecule has 0 aromatic carbocycles. The van der Waals surface area contributed by atoms with Gasteiger partial charge in [-0.3, -0.25) is 4.79 Å². The number of carbonyl (C=O) groups is 2. The van der Waals surface area contributed by atoms with Crippen molar-refractivity contribution in [1.29, 1.82) is 0 Å². The SMILES string of the molecule is CN1CCN(C(=O)COCC(=O)O)CC1. The van der Waals surface area contributed by atoms with Gasteiger partial charge in [0.2, 0.25) is 5.91 Å². The molecule has 1 rings (SSSR count). The number of hydrogen-bond acceptors (Lipinski definition) is 4. The molecule has 1 aliphatic heterocycles. The number of carboxylic acids is 1. The summed E-state index contributed by atoms with van der Waals surface area (Å²) in [6.07, 6.45) is 0. The summed E-state index contributed by atoms with van der Waals surface area (Å²) in [7, 11) is 2.00. The van der Waals surface area contributed by atoms with E-state index < -0.39 is 12.6 Å². The Morgan fingerprint density at radius 2 is 1.80 bits per heavy atom. The van der Waals surface area contributed by atoms with Crippen LogP contribution in [0.15, 0.2) is 0 Å². The molecule has 1 heterocycles. The van der Waals surface area contributed by atoms with Gasteiger partial charge in [0.05, 0.1) is 0 Å². The van der Waals surface area contributed by atoms with Crippen molar-refractivity contribution in [3.8, 4) is 0 Å². The van der Waals surface area contributed by atoms with Crippen LogP contribution in [0.4, 0.5) is 0 Å². The number of carbonyl (C=O) groups excluding carboxylic acids is 1. The Balaban J connectivity index is 2.19. The minimum absolute atomic E-state index is 0.135. The molecule has 0 aromatic rings. The molecule has 0 atom stereocenters. The van der Waals surface area contributed by atoms with Gasteiger partial charge < -0.3 is 19.6 Å². The summed E-state index contributed by atoms with van der Waals surface area (Å²) < 4.78 is 4.73. The van der Waals surface area contributed by atoms with Gasteiger partial charge in [-0.1, -0.05) is 0 Å². The molecule has 0 saturated carbocycles. The lowest BCUT2D eigenvalue weighted by Gasteiger charge is -2.32. The Morgan fingerprint density at radius 3 is 2.33 bits per heavy atom. The summed E-state index contributed by atoms with van der Waals surface area (Å²) in [6.45, 7) is 2.52. The van der Waals surface area contributed by atoms with Gasteiger partial charge in [-0.15, -0.1) is 0 Å². The maximum Gasteiger partial charge on any atom is 0.329 e. The van der Waals surface area contributed by atoms with Crippen molar-refractivity contribution in [2.45, 2.75) is 0 Å². The van der Waals surface area contributed by atoms with Crippen molar-refractivity contribution < 1.29 is 19.4 Å². The van der Waals surface area contributed by atoms with E-state index in [1.165, 1.54) is 0 Å². The molecular weight excluding hydrogens is 200 g/mol. The van der Waals surface area contributed by atoms with Crippen LogP contribution in [0.3, 0.4) is 0 Å². The molecule has 1 amide bonds. The fourth-order valence-electron chi connectivity index (χ4n) is 1.37. The first-order valence-electron chi connectivity index (χ1n) is 4.85. The molecule has 0 aliphatic carbocycles. The van der Waals surface area contributed by atoms with Gasteiger partial charge in [-0.25, -0.2) is 4.79 Å². The summed E-state index contributed by atoms with van der Waals surface area (Å²) in [4.78, 5) is 25.5. The van der Waals surface area contributed by atoms with Crippen LogP contribution < -0.4 is 0 Å². The molecule has 0 unspecified atom stereocenters. The first kappa shape index (κ1) is 11.9. The van der Waals surface area contributed by atoms with Crippen LogP contribution in [0.1, 0.15) is 0 Å². The van der Waals surface area contributed by atoms with Crippen molar-refractivity contribution in [3.63, 3.8) is 0 Å². The summed E-state index contributed by atoms with van der Waals surface area (Å²) in [6, 6.07) is 0. The minimum atomic E-state index is -1.05. The third-order valence-electron chi connectivity index (χ3n) is 2.31. The van der Waals surface area contributed by atoms with Gasteiger partial charge in [0.1, 0.15) is 13.2 Å². The number of ether oxygens (including phenoxy) is 1. The Hall–Kier alpha value is -1.14. The smallest absolute Gasteiger partial charge is 0.329 e. The van der Waals surface area contributed by atoms with Gasteiger partial charge in [0.25, 0.3) is 0 Å². The zero-order chi connectivity index (χ0) is 11.3. The van der Waals surface area contributed by atoms with Gasteiger partial charge in [0, 0.05) is 26.2 Å². The molecule has 0 bridgehead atoms. The topological polar surface area (TPSA) is 70.1 Å². The number of nitrogens with zero attached hydrogens (tertiary/aromatic N) is 2. The van der Waals surface area contributed by atoms with Crippen molar-refractivity contribution in [2.75, 3.05) is 46.4 Å². The Kier molecular flexibility index (Phi) is 4.51. The van der Waals surface area contributed by atoms with Gasteiger partial charge in [0.15, 0.2) is 0 Å². The van der Waals surface area contributed by atoms with E-state index in [0.717, 1.165) is 13.1 Å². The molecule has 86 valence electrons. The highest BCUT2D eigenvalue weighted by Crippen LogP contribution is 1.99. The second-order valence-electron chi connectivity index (χ2n) is 3.57. The van der Waals surface area contributed by atoms with Gasteiger partial charge >= 0.3 is 5.97 Å². The van der Waals surface area contributed by atoms with Crippen molar-refractivity contribution in [1.82, 2.24) is 9.80 Å². The molecule has 1 saturated heterocycles. The number of carboxylic acid groups (broad SMARTS) is 1. The minimum Gasteiger partial charge on any atom is -0.480 e. The quantitative estimate of drug-likeness (QED) is 0.643. The highest BCUT2D eigenvalue weighted by Gasteiger charge is 2.18. The summed E-state index contributed by atoms with van der Waals surface area (Å²) >= 11 is 0. The monoisotopic (exact) mass is 216 g/mol. The molecule has 0 aromatic heterocycles. The normalized spacial score (nSPS) is 17.8. The lowest BCUT2D eigenvalue weighted by atomic mass is 10.3. The molecule has 6 nitrogen and oxygen atoms in total. The number of piperazine rings is 1. The predicted octanol–water partition coefficient (Wildman–Crippen LogP) is -1.14. The number of rotatable bonds is 4. The average Bonchev–Trinajstić information content (AvgIpc) is 2.18. The Morgan fingerprint density at radius 1 is 1.20 bits per heavy atom. The van der Waals surface area contributed by atoms with E-state index in [0.29, 0.717) is 13.1 Å². The van der Waals surface area contributed by atoms with Crippen LogP contribution in [-0.4, -0.2) is 73.2 Å². The summed E-state index contributed by atoms with van der Waals surface area (Å²) in [5.74, 6) is -1.19. The van der Waals surface area contributed by atoms with E-state index >= 15 is 0 Å². The fourth-order valence-corrected chi connectivity index (χ4v) is 1.37. The lowest BCUT2D eigenvalue weighted by Crippen LogP contribution is -2.48. The second kappa shape index (κ2) is 5.67. The third-order valence-corrected chi connectivity index (χ3v) is 2.31. The van der Waals surface area contributed by atoms with Crippen LogP contribution >= 0.6 is 0 Å². The van der Waals surface area contributed by atoms with E-state index in [9.17, 15) is 9.59 Å². The fraction of sp³-hybridized carbons (Fsp3) is 0.778.